The van der Waals surface area contributed by atoms with Crippen LogP contribution in [0, 0.1) is 0 Å². The van der Waals surface area contributed by atoms with Gasteiger partial charge in [0.15, 0.2) is 0 Å². The third kappa shape index (κ3) is 64.5. The normalized spacial score (nSPS) is 6.57. The molecular formula is CH2BF3IK. The zero-order valence-corrected chi connectivity index (χ0v) is 9.08. The van der Waals surface area contributed by atoms with Gasteiger partial charge >= 0.3 is 77.6 Å². The average molecular weight is 248 g/mol. The predicted molar refractivity (Wildman–Crippen MR) is 33.7 cm³/mol. The van der Waals surface area contributed by atoms with Gasteiger partial charge in [0.05, 0.1) is 0 Å². The molecule has 0 aromatic carbocycles. The molecule has 0 nitrogen and oxygen atoms in total. The van der Waals surface area contributed by atoms with Crippen LogP contribution in [0.25, 0.3) is 0 Å². The molecule has 0 spiro atoms. The molecule has 0 aliphatic heterocycles. The Morgan fingerprint density at radius 2 is 1.43 bits per heavy atom. The van der Waals surface area contributed by atoms with Crippen molar-refractivity contribution in [2.45, 2.75) is 0 Å². The molecule has 0 amide bonds. The van der Waals surface area contributed by atoms with Gasteiger partial charge in [0, 0.05) is 0 Å². The molecule has 0 rings (SSSR count). The fourth-order valence-corrected chi connectivity index (χ4v) is 0. The first-order valence-corrected chi connectivity index (χ1v) is 5.36. The molecule has 0 aromatic heterocycles. The van der Waals surface area contributed by atoms with Gasteiger partial charge in [-0.3, -0.25) is 12.9 Å². The van der Waals surface area contributed by atoms with Crippen molar-refractivity contribution in [3.63, 3.8) is 0 Å². The summed E-state index contributed by atoms with van der Waals surface area (Å²) in [6.45, 7) is 0. The Labute approximate surface area is 88.6 Å². The maximum absolute atomic E-state index is 9.67. The fraction of sp³-hybridized carbons (Fsp3) is 1.00. The Morgan fingerprint density at radius 1 is 1.43 bits per heavy atom. The molecule has 0 saturated carbocycles. The second-order valence-electron chi connectivity index (χ2n) is 0.515. The Morgan fingerprint density at radius 3 is 1.43 bits per heavy atom. The van der Waals surface area contributed by atoms with Gasteiger partial charge in [-0.05, 0) is 0 Å². The van der Waals surface area contributed by atoms with Crippen LogP contribution in [0.1, 0.15) is 0 Å². The van der Waals surface area contributed by atoms with Gasteiger partial charge in [0.2, 0.25) is 0 Å². The summed E-state index contributed by atoms with van der Waals surface area (Å²) in [4.78, 5) is 0. The van der Waals surface area contributed by atoms with Crippen LogP contribution in [-0.4, -0.2) is 55.0 Å². The van der Waals surface area contributed by atoms with Crippen LogP contribution < -0.4 is 0 Å². The van der Waals surface area contributed by atoms with Crippen molar-refractivity contribution in [2.75, 3.05) is -1.48 Å². The Kier molecular flexibility index (Phi) is 18.9. The summed E-state index contributed by atoms with van der Waals surface area (Å²) in [6.07, 6.45) is 0. The Hall–Kier alpha value is 2.22. The number of halogens is 4. The molecule has 0 unspecified atom stereocenters. The van der Waals surface area contributed by atoms with Gasteiger partial charge < -0.3 is 0 Å². The van der Waals surface area contributed by atoms with Gasteiger partial charge in [-0.2, -0.15) is 0 Å². The first-order chi connectivity index (χ1) is 3.15. The summed E-state index contributed by atoms with van der Waals surface area (Å²) in [5, 5.41) is 0. The van der Waals surface area contributed by atoms with E-state index in [2.05, 4.69) is 22.6 Å². The third-order valence-corrected chi connectivity index (χ3v) is 0. The van der Waals surface area contributed by atoms with Crippen molar-refractivity contribution in [3.8, 4) is 0 Å². The SMILES string of the molecule is FB(F)F.[K][CH2]I. The molecule has 0 N–H and O–H groups in total. The average Bonchev–Trinajstić information content (AvgIpc) is 1.33. The molecule has 0 aliphatic rings. The van der Waals surface area contributed by atoms with Crippen LogP contribution in [0.4, 0.5) is 12.9 Å². The second kappa shape index (κ2) is 11.1. The molecule has 0 aromatic rings. The number of rotatable bonds is 0. The first kappa shape index (κ1) is 12.0. The van der Waals surface area contributed by atoms with Crippen molar-refractivity contribution < 1.29 is 12.9 Å². The van der Waals surface area contributed by atoms with Gasteiger partial charge in [0.25, 0.3) is 0 Å². The zero-order valence-electron chi connectivity index (χ0n) is 3.80. The summed E-state index contributed by atoms with van der Waals surface area (Å²) >= 11 is 3.46. The van der Waals surface area contributed by atoms with Crippen LogP contribution in [-0.2, 0) is 0 Å². The van der Waals surface area contributed by atoms with E-state index < -0.39 is 7.54 Å². The van der Waals surface area contributed by atoms with Crippen LogP contribution in [0.15, 0.2) is 0 Å². The van der Waals surface area contributed by atoms with E-state index in [1.54, 1.807) is 0 Å². The van der Waals surface area contributed by atoms with Gasteiger partial charge in [-0.15, -0.1) is 0 Å². The second-order valence-corrected chi connectivity index (χ2v) is 7.64. The number of hydrogen-bond acceptors (Lipinski definition) is 0. The van der Waals surface area contributed by atoms with E-state index in [-0.39, 0.29) is 0 Å². The van der Waals surface area contributed by atoms with E-state index in [1.807, 2.05) is 0 Å². The quantitative estimate of drug-likeness (QED) is 0.345. The van der Waals surface area contributed by atoms with E-state index in [0.29, 0.717) is 0 Å². The molecule has 38 valence electrons. The minimum atomic E-state index is -3.67. The third-order valence-electron chi connectivity index (χ3n) is 0. The molecule has 0 radical (unpaired) electrons. The molecule has 0 fully saturated rings. The van der Waals surface area contributed by atoms with E-state index >= 15 is 0 Å². The summed E-state index contributed by atoms with van der Waals surface area (Å²) < 4.78 is 30.4. The molecule has 7 heavy (non-hydrogen) atoms. The van der Waals surface area contributed by atoms with E-state index in [4.69, 9.17) is 0 Å². The number of alkyl halides is 1. The van der Waals surface area contributed by atoms with E-state index in [1.165, 1.54) is -1.48 Å². The first-order valence-electron chi connectivity index (χ1n) is 1.63. The molecular weight excluding hydrogens is 246 g/mol. The summed E-state index contributed by atoms with van der Waals surface area (Å²) in [7, 11) is -3.67. The van der Waals surface area contributed by atoms with Crippen molar-refractivity contribution in [1.82, 2.24) is 0 Å². The van der Waals surface area contributed by atoms with Crippen LogP contribution >= 0.6 is 22.6 Å². The van der Waals surface area contributed by atoms with Crippen molar-refractivity contribution in [2.24, 2.45) is 0 Å². The Balaban J connectivity index is 0. The molecule has 0 heterocycles. The molecule has 0 aliphatic carbocycles. The van der Waals surface area contributed by atoms with Gasteiger partial charge in [-0.1, -0.05) is 0 Å². The Bertz CT molecular complexity index is 26.1. The molecule has 0 atom stereocenters. The van der Waals surface area contributed by atoms with Crippen molar-refractivity contribution in [3.05, 3.63) is 0 Å². The molecule has 0 saturated heterocycles. The monoisotopic (exact) mass is 248 g/mol. The summed E-state index contributed by atoms with van der Waals surface area (Å²) in [5.41, 5.74) is 0. The van der Waals surface area contributed by atoms with E-state index in [9.17, 15) is 12.9 Å². The van der Waals surface area contributed by atoms with Crippen LogP contribution in [0.3, 0.4) is 0 Å². The van der Waals surface area contributed by atoms with Crippen molar-refractivity contribution >= 4 is 79.1 Å². The summed E-state index contributed by atoms with van der Waals surface area (Å²) in [5.74, 6) is 0. The standard InChI is InChI=1S/CH2I.BF3.K/c1-2;2-1(3)4;/h1H2;;. The summed E-state index contributed by atoms with van der Waals surface area (Å²) in [6, 6.07) is 0. The molecule has 6 heteroatoms. The van der Waals surface area contributed by atoms with Gasteiger partial charge in [-0.25, -0.2) is 0 Å². The fourth-order valence-electron chi connectivity index (χ4n) is 0. The van der Waals surface area contributed by atoms with E-state index in [0.717, 1.165) is 49.0 Å². The number of hydrogen-bond donors (Lipinski definition) is 0. The van der Waals surface area contributed by atoms with Gasteiger partial charge in [0.1, 0.15) is 0 Å². The predicted octanol–water partition coefficient (Wildman–Crippen LogP) is 1.43. The zero-order chi connectivity index (χ0) is 6.28. The van der Waals surface area contributed by atoms with Crippen LogP contribution in [0.5, 0.6) is 0 Å². The maximum atomic E-state index is 9.67. The van der Waals surface area contributed by atoms with Crippen molar-refractivity contribution in [1.29, 1.82) is 0 Å². The van der Waals surface area contributed by atoms with Crippen LogP contribution in [0.2, 0.25) is 0 Å². The topological polar surface area (TPSA) is 0 Å². The molecule has 0 bridgehead atoms. The minimum absolute atomic E-state index is 1.09.